The molecular weight excluding hydrogens is 398 g/mol. The SMILES string of the molecule is CCOS(=O)(=O)NC(=O)C1CCSC1NC(=O)C1NC2CCCCC2S1. The van der Waals surface area contributed by atoms with Gasteiger partial charge in [-0.2, -0.15) is 8.42 Å². The first-order valence-electron chi connectivity index (χ1n) is 8.94. The van der Waals surface area contributed by atoms with E-state index in [0.29, 0.717) is 23.5 Å². The molecule has 148 valence electrons. The molecule has 5 atom stereocenters. The second-order valence-corrected chi connectivity index (χ2v) is 10.6. The Balaban J connectivity index is 1.55. The predicted molar refractivity (Wildman–Crippen MR) is 102 cm³/mol. The van der Waals surface area contributed by atoms with Gasteiger partial charge in [-0.1, -0.05) is 12.8 Å². The van der Waals surface area contributed by atoms with E-state index in [9.17, 15) is 18.0 Å². The molecule has 2 saturated heterocycles. The number of nitrogens with one attached hydrogen (secondary N) is 3. The molecule has 11 heteroatoms. The minimum absolute atomic E-state index is 0.0465. The topological polar surface area (TPSA) is 114 Å². The average Bonchev–Trinajstić information content (AvgIpc) is 3.20. The Morgan fingerprint density at radius 2 is 1.96 bits per heavy atom. The van der Waals surface area contributed by atoms with Gasteiger partial charge in [0, 0.05) is 11.3 Å². The van der Waals surface area contributed by atoms with Crippen LogP contribution in [-0.2, 0) is 24.1 Å². The van der Waals surface area contributed by atoms with E-state index in [-0.39, 0.29) is 17.9 Å². The van der Waals surface area contributed by atoms with E-state index < -0.39 is 27.5 Å². The van der Waals surface area contributed by atoms with Crippen molar-refractivity contribution in [1.82, 2.24) is 15.4 Å². The standard InChI is InChI=1S/C15H25N3O5S3/c1-2-23-26(21,22)18-12(19)9-7-8-24-14(9)17-13(20)15-16-10-5-3-4-6-11(10)25-15/h9-11,14-16H,2-8H2,1H3,(H,17,20)(H,18,19). The molecule has 3 fully saturated rings. The minimum atomic E-state index is -4.09. The molecule has 0 bridgehead atoms. The Hall–Kier alpha value is -0.490. The highest BCUT2D eigenvalue weighted by Gasteiger charge is 2.42. The number of carbonyl (C=O) groups is 2. The summed E-state index contributed by atoms with van der Waals surface area (Å²) in [4.78, 5) is 24.9. The number of carbonyl (C=O) groups excluding carboxylic acids is 2. The molecule has 0 aromatic rings. The summed E-state index contributed by atoms with van der Waals surface area (Å²) >= 11 is 3.13. The lowest BCUT2D eigenvalue weighted by Gasteiger charge is -2.23. The molecule has 3 rings (SSSR count). The summed E-state index contributed by atoms with van der Waals surface area (Å²) in [5, 5.41) is 6.06. The Morgan fingerprint density at radius 3 is 2.69 bits per heavy atom. The van der Waals surface area contributed by atoms with Gasteiger partial charge in [-0.3, -0.25) is 19.1 Å². The molecule has 0 aromatic heterocycles. The lowest BCUT2D eigenvalue weighted by Crippen LogP contribution is -2.49. The summed E-state index contributed by atoms with van der Waals surface area (Å²) in [5.41, 5.74) is 0. The van der Waals surface area contributed by atoms with Crippen LogP contribution in [0.1, 0.15) is 39.0 Å². The second-order valence-electron chi connectivity index (χ2n) is 6.63. The van der Waals surface area contributed by atoms with Crippen molar-refractivity contribution in [2.24, 2.45) is 5.92 Å². The lowest BCUT2D eigenvalue weighted by atomic mass is 9.95. The first kappa shape index (κ1) is 20.2. The largest absolute Gasteiger partial charge is 0.362 e. The van der Waals surface area contributed by atoms with Gasteiger partial charge < -0.3 is 5.32 Å². The number of rotatable bonds is 6. The molecule has 0 aromatic carbocycles. The predicted octanol–water partition coefficient (Wildman–Crippen LogP) is 0.553. The first-order chi connectivity index (χ1) is 12.4. The van der Waals surface area contributed by atoms with Crippen molar-refractivity contribution in [2.45, 2.75) is 61.1 Å². The van der Waals surface area contributed by atoms with Crippen molar-refractivity contribution >= 4 is 45.6 Å². The van der Waals surface area contributed by atoms with Gasteiger partial charge in [0.2, 0.25) is 11.8 Å². The molecule has 1 aliphatic carbocycles. The van der Waals surface area contributed by atoms with Crippen molar-refractivity contribution < 1.29 is 22.2 Å². The van der Waals surface area contributed by atoms with Crippen LogP contribution in [0.2, 0.25) is 0 Å². The van der Waals surface area contributed by atoms with E-state index in [2.05, 4.69) is 14.8 Å². The van der Waals surface area contributed by atoms with E-state index in [1.165, 1.54) is 31.5 Å². The highest BCUT2D eigenvalue weighted by atomic mass is 32.2. The first-order valence-corrected chi connectivity index (χ1v) is 12.3. The fourth-order valence-corrected chi connectivity index (χ4v) is 7.20. The van der Waals surface area contributed by atoms with Crippen LogP contribution in [0.15, 0.2) is 0 Å². The van der Waals surface area contributed by atoms with Gasteiger partial charge in [-0.15, -0.1) is 23.5 Å². The Morgan fingerprint density at radius 1 is 1.19 bits per heavy atom. The minimum Gasteiger partial charge on any atom is -0.341 e. The smallest absolute Gasteiger partial charge is 0.341 e. The monoisotopic (exact) mass is 423 g/mol. The van der Waals surface area contributed by atoms with Crippen molar-refractivity contribution in [3.05, 3.63) is 0 Å². The van der Waals surface area contributed by atoms with Gasteiger partial charge in [0.1, 0.15) is 5.37 Å². The third kappa shape index (κ3) is 4.86. The van der Waals surface area contributed by atoms with Crippen LogP contribution in [-0.4, -0.2) is 54.6 Å². The molecular formula is C15H25N3O5S3. The third-order valence-corrected chi connectivity index (χ3v) is 8.64. The van der Waals surface area contributed by atoms with Crippen LogP contribution in [0.3, 0.4) is 0 Å². The Bertz CT molecular complexity index is 630. The molecule has 0 spiro atoms. The van der Waals surface area contributed by atoms with Gasteiger partial charge in [0.15, 0.2) is 0 Å². The van der Waals surface area contributed by atoms with Crippen molar-refractivity contribution in [3.8, 4) is 0 Å². The maximum atomic E-state index is 12.6. The molecule has 26 heavy (non-hydrogen) atoms. The van der Waals surface area contributed by atoms with Crippen molar-refractivity contribution in [3.63, 3.8) is 0 Å². The van der Waals surface area contributed by atoms with Crippen molar-refractivity contribution in [2.75, 3.05) is 12.4 Å². The highest BCUT2D eigenvalue weighted by molar-refractivity contribution is 8.01. The van der Waals surface area contributed by atoms with E-state index in [4.69, 9.17) is 0 Å². The highest BCUT2D eigenvalue weighted by Crippen LogP contribution is 2.37. The fourth-order valence-electron chi connectivity index (χ4n) is 3.60. The number of fused-ring (bicyclic) bond motifs is 1. The van der Waals surface area contributed by atoms with Crippen LogP contribution >= 0.6 is 23.5 Å². The van der Waals surface area contributed by atoms with Crippen LogP contribution in [0.25, 0.3) is 0 Å². The molecule has 2 aliphatic heterocycles. The number of hydrogen-bond acceptors (Lipinski definition) is 8. The van der Waals surface area contributed by atoms with E-state index in [0.717, 1.165) is 12.8 Å². The van der Waals surface area contributed by atoms with Gasteiger partial charge in [0.25, 0.3) is 0 Å². The quantitative estimate of drug-likeness (QED) is 0.568. The van der Waals surface area contributed by atoms with Gasteiger partial charge in [-0.05, 0) is 31.9 Å². The van der Waals surface area contributed by atoms with Gasteiger partial charge >= 0.3 is 10.3 Å². The molecule has 3 N–H and O–H groups in total. The fraction of sp³-hybridized carbons (Fsp3) is 0.867. The number of thioether (sulfide) groups is 2. The molecule has 8 nitrogen and oxygen atoms in total. The van der Waals surface area contributed by atoms with Gasteiger partial charge in [0.05, 0.1) is 17.9 Å². The average molecular weight is 424 g/mol. The number of hydrogen-bond donors (Lipinski definition) is 3. The lowest BCUT2D eigenvalue weighted by molar-refractivity contribution is -0.124. The van der Waals surface area contributed by atoms with Crippen LogP contribution in [0.4, 0.5) is 0 Å². The summed E-state index contributed by atoms with van der Waals surface area (Å²) in [7, 11) is -4.09. The summed E-state index contributed by atoms with van der Waals surface area (Å²) in [6, 6.07) is 0.385. The summed E-state index contributed by atoms with van der Waals surface area (Å²) in [6.45, 7) is 1.48. The maximum absolute atomic E-state index is 12.6. The Kier molecular flexibility index (Phi) is 6.76. The van der Waals surface area contributed by atoms with E-state index in [1.54, 1.807) is 11.8 Å². The summed E-state index contributed by atoms with van der Waals surface area (Å²) in [5.74, 6) is -0.662. The van der Waals surface area contributed by atoms with E-state index in [1.807, 2.05) is 4.72 Å². The summed E-state index contributed by atoms with van der Waals surface area (Å²) < 4.78 is 29.7. The third-order valence-electron chi connectivity index (χ3n) is 4.83. The van der Waals surface area contributed by atoms with Crippen LogP contribution < -0.4 is 15.4 Å². The second kappa shape index (κ2) is 8.68. The molecule has 0 radical (unpaired) electrons. The summed E-state index contributed by atoms with van der Waals surface area (Å²) in [6.07, 6.45) is 5.14. The molecule has 2 amide bonds. The zero-order valence-corrected chi connectivity index (χ0v) is 17.1. The maximum Gasteiger partial charge on any atom is 0.362 e. The molecule has 5 unspecified atom stereocenters. The molecule has 2 heterocycles. The van der Waals surface area contributed by atoms with Gasteiger partial charge in [-0.25, -0.2) is 4.72 Å². The zero-order valence-electron chi connectivity index (χ0n) is 14.6. The Labute approximate surface area is 162 Å². The molecule has 1 saturated carbocycles. The van der Waals surface area contributed by atoms with E-state index >= 15 is 0 Å². The normalized spacial score (nSPS) is 34.3. The zero-order chi connectivity index (χ0) is 18.7. The number of amides is 2. The van der Waals surface area contributed by atoms with Crippen LogP contribution in [0, 0.1) is 5.92 Å². The van der Waals surface area contributed by atoms with Crippen LogP contribution in [0.5, 0.6) is 0 Å². The van der Waals surface area contributed by atoms with Crippen molar-refractivity contribution in [1.29, 1.82) is 0 Å². The molecule has 3 aliphatic rings.